The maximum absolute atomic E-state index is 11.2. The van der Waals surface area contributed by atoms with Gasteiger partial charge in [0.2, 0.25) is 5.95 Å². The number of benzene rings is 1. The van der Waals surface area contributed by atoms with Gasteiger partial charge in [-0.2, -0.15) is 15.0 Å². The largest absolute Gasteiger partial charge is 0.424 e. The second kappa shape index (κ2) is 6.33. The molecule has 7 heteroatoms. The number of ether oxygens (including phenoxy) is 1. The number of carbonyl (C=O) groups excluding carboxylic acids is 1. The van der Waals surface area contributed by atoms with Crippen LogP contribution in [0, 0.1) is 0 Å². The first-order chi connectivity index (χ1) is 9.62. The fourth-order valence-electron chi connectivity index (χ4n) is 1.45. The normalized spacial score (nSPS) is 10.2. The number of Topliss-reactive ketones (excluding diaryl/α,β-unsaturated/α-hetero) is 1. The van der Waals surface area contributed by atoms with E-state index in [0.29, 0.717) is 22.4 Å². The molecule has 0 aliphatic carbocycles. The molecule has 1 N–H and O–H groups in total. The van der Waals surface area contributed by atoms with E-state index in [9.17, 15) is 4.79 Å². The molecule has 0 unspecified atom stereocenters. The molecule has 0 atom stereocenters. The third-order valence-electron chi connectivity index (χ3n) is 2.47. The van der Waals surface area contributed by atoms with Gasteiger partial charge in [-0.3, -0.25) is 4.79 Å². The summed E-state index contributed by atoms with van der Waals surface area (Å²) in [6.07, 6.45) is 1.88. The maximum Gasteiger partial charge on any atom is 0.327 e. The number of aromatic nitrogens is 3. The van der Waals surface area contributed by atoms with Crippen molar-refractivity contribution >= 4 is 23.5 Å². The average Bonchev–Trinajstić information content (AvgIpc) is 2.47. The highest BCUT2D eigenvalue weighted by molar-refractivity contribution is 7.98. The lowest BCUT2D eigenvalue weighted by atomic mass is 10.1. The van der Waals surface area contributed by atoms with E-state index in [2.05, 4.69) is 20.3 Å². The maximum atomic E-state index is 11.2. The molecule has 0 radical (unpaired) electrons. The van der Waals surface area contributed by atoms with Crippen LogP contribution < -0.4 is 10.1 Å². The molecular weight excluding hydrogens is 276 g/mol. The van der Waals surface area contributed by atoms with Gasteiger partial charge in [-0.15, -0.1) is 0 Å². The van der Waals surface area contributed by atoms with Crippen molar-refractivity contribution in [3.63, 3.8) is 0 Å². The standard InChI is InChI=1S/C13H14N4O2S/c1-8(18)9-4-6-10(7-5-9)19-12-15-11(14-2)16-13(17-12)20-3/h4-7H,1-3H3,(H,14,15,16,17). The zero-order valence-electron chi connectivity index (χ0n) is 11.4. The quantitative estimate of drug-likeness (QED) is 0.670. The molecule has 0 spiro atoms. The van der Waals surface area contributed by atoms with E-state index in [-0.39, 0.29) is 11.8 Å². The van der Waals surface area contributed by atoms with Gasteiger partial charge in [0.25, 0.3) is 0 Å². The summed E-state index contributed by atoms with van der Waals surface area (Å²) in [7, 11) is 1.73. The van der Waals surface area contributed by atoms with Crippen LogP contribution in [0.4, 0.5) is 5.95 Å². The molecular formula is C13H14N4O2S. The van der Waals surface area contributed by atoms with Crippen LogP contribution in [0.25, 0.3) is 0 Å². The molecule has 1 heterocycles. The Balaban J connectivity index is 2.22. The van der Waals surface area contributed by atoms with E-state index in [1.807, 2.05) is 6.26 Å². The second-order valence-corrected chi connectivity index (χ2v) is 4.63. The van der Waals surface area contributed by atoms with Crippen molar-refractivity contribution in [2.24, 2.45) is 0 Å². The summed E-state index contributed by atoms with van der Waals surface area (Å²) in [4.78, 5) is 23.6. The number of hydrogen-bond donors (Lipinski definition) is 1. The van der Waals surface area contributed by atoms with Crippen molar-refractivity contribution in [2.75, 3.05) is 18.6 Å². The van der Waals surface area contributed by atoms with Crippen molar-refractivity contribution in [3.8, 4) is 11.8 Å². The number of nitrogens with zero attached hydrogens (tertiary/aromatic N) is 3. The number of nitrogens with one attached hydrogen (secondary N) is 1. The van der Waals surface area contributed by atoms with Crippen LogP contribution in [0.15, 0.2) is 29.4 Å². The smallest absolute Gasteiger partial charge is 0.327 e. The molecule has 104 valence electrons. The second-order valence-electron chi connectivity index (χ2n) is 3.86. The van der Waals surface area contributed by atoms with Gasteiger partial charge < -0.3 is 10.1 Å². The molecule has 1 aromatic heterocycles. The summed E-state index contributed by atoms with van der Waals surface area (Å²) in [6.45, 7) is 1.52. The van der Waals surface area contributed by atoms with Crippen molar-refractivity contribution in [3.05, 3.63) is 29.8 Å². The van der Waals surface area contributed by atoms with Crippen LogP contribution in [0.3, 0.4) is 0 Å². The molecule has 6 nitrogen and oxygen atoms in total. The highest BCUT2D eigenvalue weighted by Crippen LogP contribution is 2.21. The van der Waals surface area contributed by atoms with Gasteiger partial charge in [-0.25, -0.2) is 0 Å². The number of ketones is 1. The molecule has 0 saturated carbocycles. The third kappa shape index (κ3) is 3.45. The minimum Gasteiger partial charge on any atom is -0.424 e. The Morgan fingerprint density at radius 3 is 2.45 bits per heavy atom. The fraction of sp³-hybridized carbons (Fsp3) is 0.231. The molecule has 2 rings (SSSR count). The number of anilines is 1. The van der Waals surface area contributed by atoms with Crippen LogP contribution in [-0.4, -0.2) is 34.0 Å². The molecule has 0 bridgehead atoms. The lowest BCUT2D eigenvalue weighted by molar-refractivity contribution is 0.101. The molecule has 0 amide bonds. The molecule has 0 aliphatic heterocycles. The first kappa shape index (κ1) is 14.3. The van der Waals surface area contributed by atoms with E-state index in [0.717, 1.165) is 0 Å². The molecule has 0 aliphatic rings. The summed E-state index contributed by atoms with van der Waals surface area (Å²) in [5.74, 6) is 1.02. The molecule has 20 heavy (non-hydrogen) atoms. The summed E-state index contributed by atoms with van der Waals surface area (Å²) in [5.41, 5.74) is 0.633. The average molecular weight is 290 g/mol. The topological polar surface area (TPSA) is 77.0 Å². The number of hydrogen-bond acceptors (Lipinski definition) is 7. The summed E-state index contributed by atoms with van der Waals surface area (Å²) in [5, 5.41) is 3.42. The van der Waals surface area contributed by atoms with E-state index in [1.54, 1.807) is 31.3 Å². The van der Waals surface area contributed by atoms with Crippen molar-refractivity contribution in [1.82, 2.24) is 15.0 Å². The molecule has 0 fully saturated rings. The number of thioether (sulfide) groups is 1. The van der Waals surface area contributed by atoms with Crippen molar-refractivity contribution in [1.29, 1.82) is 0 Å². The number of carbonyl (C=O) groups is 1. The van der Waals surface area contributed by atoms with Crippen LogP contribution in [0.2, 0.25) is 0 Å². The Morgan fingerprint density at radius 1 is 1.20 bits per heavy atom. The molecule has 0 saturated heterocycles. The van der Waals surface area contributed by atoms with E-state index >= 15 is 0 Å². The van der Waals surface area contributed by atoms with Gasteiger partial charge in [-0.05, 0) is 37.4 Å². The monoisotopic (exact) mass is 290 g/mol. The van der Waals surface area contributed by atoms with Crippen LogP contribution in [-0.2, 0) is 0 Å². The summed E-state index contributed by atoms with van der Waals surface area (Å²) >= 11 is 1.40. The van der Waals surface area contributed by atoms with Gasteiger partial charge in [0, 0.05) is 12.6 Å². The van der Waals surface area contributed by atoms with Crippen LogP contribution in [0.1, 0.15) is 17.3 Å². The lowest BCUT2D eigenvalue weighted by Gasteiger charge is -2.07. The summed E-state index contributed by atoms with van der Waals surface area (Å²) in [6, 6.07) is 7.03. The Kier molecular flexibility index (Phi) is 4.52. The minimum atomic E-state index is 0.0128. The van der Waals surface area contributed by atoms with Gasteiger partial charge in [-0.1, -0.05) is 11.8 Å². The van der Waals surface area contributed by atoms with Crippen LogP contribution >= 0.6 is 11.8 Å². The predicted octanol–water partition coefficient (Wildman–Crippen LogP) is 2.63. The first-order valence-corrected chi connectivity index (χ1v) is 7.11. The van der Waals surface area contributed by atoms with Crippen molar-refractivity contribution < 1.29 is 9.53 Å². The zero-order valence-corrected chi connectivity index (χ0v) is 12.2. The predicted molar refractivity (Wildman–Crippen MR) is 77.7 cm³/mol. The fourth-order valence-corrected chi connectivity index (χ4v) is 1.80. The Bertz CT molecular complexity index is 594. The van der Waals surface area contributed by atoms with Crippen LogP contribution in [0.5, 0.6) is 11.8 Å². The third-order valence-corrected chi connectivity index (χ3v) is 3.02. The zero-order chi connectivity index (χ0) is 14.5. The SMILES string of the molecule is CNc1nc(Oc2ccc(C(C)=O)cc2)nc(SC)n1. The number of rotatable bonds is 5. The van der Waals surface area contributed by atoms with Gasteiger partial charge in [0.1, 0.15) is 5.75 Å². The minimum absolute atomic E-state index is 0.0128. The lowest BCUT2D eigenvalue weighted by Crippen LogP contribution is -2.02. The first-order valence-electron chi connectivity index (χ1n) is 5.89. The van der Waals surface area contributed by atoms with Gasteiger partial charge >= 0.3 is 6.01 Å². The van der Waals surface area contributed by atoms with E-state index in [4.69, 9.17) is 4.74 Å². The van der Waals surface area contributed by atoms with Gasteiger partial charge in [0.05, 0.1) is 0 Å². The Labute approximate surface area is 121 Å². The van der Waals surface area contributed by atoms with Crippen molar-refractivity contribution in [2.45, 2.75) is 12.1 Å². The Morgan fingerprint density at radius 2 is 1.90 bits per heavy atom. The Hall–Kier alpha value is -2.15. The van der Waals surface area contributed by atoms with E-state index in [1.165, 1.54) is 18.7 Å². The molecule has 2 aromatic rings. The van der Waals surface area contributed by atoms with Gasteiger partial charge in [0.15, 0.2) is 10.9 Å². The highest BCUT2D eigenvalue weighted by Gasteiger charge is 2.07. The molecule has 1 aromatic carbocycles. The highest BCUT2D eigenvalue weighted by atomic mass is 32.2. The summed E-state index contributed by atoms with van der Waals surface area (Å²) < 4.78 is 5.57. The van der Waals surface area contributed by atoms with E-state index < -0.39 is 0 Å².